The number of hydrogen-bond donors (Lipinski definition) is 0. The van der Waals surface area contributed by atoms with Gasteiger partial charge in [0.1, 0.15) is 0 Å². The van der Waals surface area contributed by atoms with E-state index >= 15 is 0 Å². The van der Waals surface area contributed by atoms with Gasteiger partial charge in [-0.2, -0.15) is 0 Å². The van der Waals surface area contributed by atoms with E-state index in [2.05, 4.69) is 34.8 Å². The monoisotopic (exact) mass is 388 g/mol. The van der Waals surface area contributed by atoms with Crippen molar-refractivity contribution in [3.63, 3.8) is 0 Å². The van der Waals surface area contributed by atoms with Crippen LogP contribution in [0.25, 0.3) is 21.7 Å². The summed E-state index contributed by atoms with van der Waals surface area (Å²) in [5.74, 6) is 0. The largest absolute Gasteiger partial charge is 0.296 e. The molecule has 0 aliphatic heterocycles. The van der Waals surface area contributed by atoms with Crippen molar-refractivity contribution in [1.82, 2.24) is 9.55 Å². The van der Waals surface area contributed by atoms with Crippen molar-refractivity contribution in [3.05, 3.63) is 51.5 Å². The molecule has 2 aromatic carbocycles. The lowest BCUT2D eigenvalue weighted by atomic mass is 10.1. The van der Waals surface area contributed by atoms with Gasteiger partial charge in [0.05, 0.1) is 17.2 Å². The maximum Gasteiger partial charge on any atom is 0.261 e. The Hall–Kier alpha value is -1.68. The van der Waals surface area contributed by atoms with Crippen molar-refractivity contribution in [2.75, 3.05) is 0 Å². The van der Waals surface area contributed by atoms with E-state index < -0.39 is 0 Å². The third-order valence-corrected chi connectivity index (χ3v) is 4.88. The van der Waals surface area contributed by atoms with Crippen LogP contribution in [-0.2, 0) is 0 Å². The van der Waals surface area contributed by atoms with Crippen LogP contribution in [0, 0.1) is 0 Å². The van der Waals surface area contributed by atoms with E-state index in [9.17, 15) is 4.79 Å². The third-order valence-electron chi connectivity index (χ3n) is 4.23. The molecule has 0 saturated heterocycles. The van der Waals surface area contributed by atoms with Gasteiger partial charge in [-0.1, -0.05) is 74.3 Å². The van der Waals surface area contributed by atoms with Crippen molar-refractivity contribution in [2.24, 2.45) is 0 Å². The SMILES string of the molecule is CC.CCCC(CC)n1cnc2c(cc(Br)c3ccccc32)c1=O. The first kappa shape index (κ1) is 18.7. The predicted molar refractivity (Wildman–Crippen MR) is 107 cm³/mol. The van der Waals surface area contributed by atoms with Crippen molar-refractivity contribution >= 4 is 37.6 Å². The van der Waals surface area contributed by atoms with E-state index in [-0.39, 0.29) is 11.6 Å². The molecule has 1 atom stereocenters. The molecule has 1 unspecified atom stereocenters. The zero-order chi connectivity index (χ0) is 17.7. The Balaban J connectivity index is 0.00000100. The summed E-state index contributed by atoms with van der Waals surface area (Å²) in [6.45, 7) is 8.26. The molecule has 24 heavy (non-hydrogen) atoms. The van der Waals surface area contributed by atoms with Gasteiger partial charge in [0.2, 0.25) is 0 Å². The van der Waals surface area contributed by atoms with Crippen molar-refractivity contribution in [3.8, 4) is 0 Å². The van der Waals surface area contributed by atoms with E-state index in [1.807, 2.05) is 44.2 Å². The van der Waals surface area contributed by atoms with Gasteiger partial charge < -0.3 is 0 Å². The summed E-state index contributed by atoms with van der Waals surface area (Å²) >= 11 is 3.59. The predicted octanol–water partition coefficient (Wildman–Crippen LogP) is 6.09. The molecule has 4 heteroatoms. The molecule has 0 radical (unpaired) electrons. The standard InChI is InChI=1S/C18H19BrN2O.C2H6/c1-3-7-12(4-2)21-11-20-17-14-9-6-5-8-13(14)16(19)10-15(17)18(21)22;1-2/h5-6,8-12H,3-4,7H2,1-2H3;1-2H3. The molecule has 3 aromatic rings. The summed E-state index contributed by atoms with van der Waals surface area (Å²) in [4.78, 5) is 17.5. The number of rotatable bonds is 4. The molecule has 0 saturated carbocycles. The van der Waals surface area contributed by atoms with E-state index in [0.29, 0.717) is 5.39 Å². The van der Waals surface area contributed by atoms with Crippen molar-refractivity contribution in [1.29, 1.82) is 0 Å². The van der Waals surface area contributed by atoms with Gasteiger partial charge >= 0.3 is 0 Å². The molecule has 0 aliphatic rings. The zero-order valence-corrected chi connectivity index (χ0v) is 16.4. The van der Waals surface area contributed by atoms with Crippen LogP contribution < -0.4 is 5.56 Å². The van der Waals surface area contributed by atoms with Crippen LogP contribution in [0.15, 0.2) is 45.9 Å². The highest BCUT2D eigenvalue weighted by molar-refractivity contribution is 9.10. The normalized spacial score (nSPS) is 12.0. The summed E-state index contributed by atoms with van der Waals surface area (Å²) in [7, 11) is 0. The van der Waals surface area contributed by atoms with E-state index in [1.54, 1.807) is 10.9 Å². The first-order chi connectivity index (χ1) is 11.7. The molecule has 0 N–H and O–H groups in total. The van der Waals surface area contributed by atoms with Crippen LogP contribution in [-0.4, -0.2) is 9.55 Å². The molecule has 1 heterocycles. The van der Waals surface area contributed by atoms with Gasteiger partial charge in [0.25, 0.3) is 5.56 Å². The van der Waals surface area contributed by atoms with Crippen LogP contribution in [0.4, 0.5) is 0 Å². The Kier molecular flexibility index (Phi) is 6.55. The number of nitrogens with zero attached hydrogens (tertiary/aromatic N) is 2. The van der Waals surface area contributed by atoms with Gasteiger partial charge in [-0.25, -0.2) is 4.98 Å². The molecule has 3 nitrogen and oxygen atoms in total. The van der Waals surface area contributed by atoms with Crippen molar-refractivity contribution < 1.29 is 0 Å². The molecular weight excluding hydrogens is 364 g/mol. The lowest BCUT2D eigenvalue weighted by Crippen LogP contribution is -2.25. The second-order valence-electron chi connectivity index (χ2n) is 5.61. The molecule has 0 spiro atoms. The molecule has 3 rings (SSSR count). The van der Waals surface area contributed by atoms with Gasteiger partial charge in [-0.05, 0) is 24.3 Å². The Morgan fingerprint density at radius 3 is 2.42 bits per heavy atom. The smallest absolute Gasteiger partial charge is 0.261 e. The molecule has 0 aliphatic carbocycles. The topological polar surface area (TPSA) is 34.9 Å². The Morgan fingerprint density at radius 2 is 1.79 bits per heavy atom. The Morgan fingerprint density at radius 1 is 1.12 bits per heavy atom. The molecule has 0 fully saturated rings. The number of halogens is 1. The van der Waals surface area contributed by atoms with E-state index in [1.165, 1.54) is 0 Å². The minimum absolute atomic E-state index is 0.0525. The summed E-state index contributed by atoms with van der Waals surface area (Å²) in [6.07, 6.45) is 4.72. The first-order valence-corrected chi connectivity index (χ1v) is 9.54. The lowest BCUT2D eigenvalue weighted by molar-refractivity contribution is 0.433. The number of aromatic nitrogens is 2. The van der Waals surface area contributed by atoms with Crippen LogP contribution in [0.3, 0.4) is 0 Å². The summed E-state index contributed by atoms with van der Waals surface area (Å²) < 4.78 is 2.74. The number of hydrogen-bond acceptors (Lipinski definition) is 2. The van der Waals surface area contributed by atoms with Crippen molar-refractivity contribution in [2.45, 2.75) is 53.0 Å². The minimum Gasteiger partial charge on any atom is -0.296 e. The highest BCUT2D eigenvalue weighted by atomic mass is 79.9. The maximum absolute atomic E-state index is 12.9. The molecule has 1 aromatic heterocycles. The second kappa shape index (κ2) is 8.43. The summed E-state index contributed by atoms with van der Waals surface area (Å²) in [6, 6.07) is 10.2. The molecule has 0 amide bonds. The minimum atomic E-state index is 0.0525. The summed E-state index contributed by atoms with van der Waals surface area (Å²) in [5, 5.41) is 2.78. The quantitative estimate of drug-likeness (QED) is 0.506. The van der Waals surface area contributed by atoms with Gasteiger partial charge in [0.15, 0.2) is 0 Å². The average molecular weight is 389 g/mol. The maximum atomic E-state index is 12.9. The first-order valence-electron chi connectivity index (χ1n) is 8.75. The molecule has 0 bridgehead atoms. The third kappa shape index (κ3) is 3.39. The van der Waals surface area contributed by atoms with Crippen LogP contribution in [0.1, 0.15) is 53.0 Å². The fourth-order valence-electron chi connectivity index (χ4n) is 3.06. The summed E-state index contributed by atoms with van der Waals surface area (Å²) in [5.41, 5.74) is 0.836. The second-order valence-corrected chi connectivity index (χ2v) is 6.46. The fraction of sp³-hybridized carbons (Fsp3) is 0.400. The number of benzene rings is 2. The van der Waals surface area contributed by atoms with Gasteiger partial charge in [0, 0.05) is 15.9 Å². The lowest BCUT2D eigenvalue weighted by Gasteiger charge is -2.18. The average Bonchev–Trinajstić information content (AvgIpc) is 2.63. The van der Waals surface area contributed by atoms with Crippen LogP contribution in [0.5, 0.6) is 0 Å². The van der Waals surface area contributed by atoms with Gasteiger partial charge in [-0.3, -0.25) is 9.36 Å². The number of fused-ring (bicyclic) bond motifs is 3. The van der Waals surface area contributed by atoms with E-state index in [0.717, 1.165) is 40.0 Å². The highest BCUT2D eigenvalue weighted by Crippen LogP contribution is 2.29. The molecular formula is C20H25BrN2O. The Bertz CT molecular complexity index is 886. The molecule has 128 valence electrons. The highest BCUT2D eigenvalue weighted by Gasteiger charge is 2.14. The zero-order valence-electron chi connectivity index (χ0n) is 14.8. The van der Waals surface area contributed by atoms with Crippen LogP contribution >= 0.6 is 15.9 Å². The van der Waals surface area contributed by atoms with E-state index in [4.69, 9.17) is 0 Å². The fourth-order valence-corrected chi connectivity index (χ4v) is 3.64. The Labute approximate surface area is 151 Å². The van der Waals surface area contributed by atoms with Gasteiger partial charge in [-0.15, -0.1) is 0 Å². The van der Waals surface area contributed by atoms with Crippen LogP contribution in [0.2, 0.25) is 0 Å².